The first kappa shape index (κ1) is 20.9. The van der Waals surface area contributed by atoms with Crippen molar-refractivity contribution in [2.75, 3.05) is 13.1 Å². The molecule has 1 heterocycles. The van der Waals surface area contributed by atoms with Crippen molar-refractivity contribution < 1.29 is 23.1 Å². The maximum Gasteiger partial charge on any atom is 0.308 e. The standard InChI is InChI=1S/C19H19NO5S.ClH/c21-18(20-11-10-16(12-20)19(22)23)15-6-8-17(9-7-15)26(24,25)13-14-4-2-1-3-5-14;/h1-9,16H,10-13H2,(H,22,23);1H. The van der Waals surface area contributed by atoms with E-state index in [1.54, 1.807) is 24.3 Å². The van der Waals surface area contributed by atoms with E-state index in [4.69, 9.17) is 5.11 Å². The van der Waals surface area contributed by atoms with Gasteiger partial charge in [0.1, 0.15) is 0 Å². The second kappa shape index (κ2) is 8.54. The van der Waals surface area contributed by atoms with Crippen LogP contribution in [0.2, 0.25) is 0 Å². The topological polar surface area (TPSA) is 91.8 Å². The Hall–Kier alpha value is -2.38. The van der Waals surface area contributed by atoms with Crippen LogP contribution in [0.3, 0.4) is 0 Å². The van der Waals surface area contributed by atoms with Gasteiger partial charge in [0, 0.05) is 18.7 Å². The maximum atomic E-state index is 12.5. The van der Waals surface area contributed by atoms with Gasteiger partial charge in [-0.25, -0.2) is 8.42 Å². The normalized spacial score (nSPS) is 16.6. The Morgan fingerprint density at radius 2 is 1.67 bits per heavy atom. The summed E-state index contributed by atoms with van der Waals surface area (Å²) in [5, 5.41) is 9.03. The fourth-order valence-electron chi connectivity index (χ4n) is 3.01. The van der Waals surface area contributed by atoms with E-state index < -0.39 is 21.7 Å². The number of carboxylic acid groups (broad SMARTS) is 1. The Kier molecular flexibility index (Phi) is 6.62. The predicted molar refractivity (Wildman–Crippen MR) is 103 cm³/mol. The van der Waals surface area contributed by atoms with Crippen LogP contribution < -0.4 is 0 Å². The van der Waals surface area contributed by atoms with Crippen molar-refractivity contribution in [3.05, 3.63) is 65.7 Å². The molecular formula is C19H20ClNO5S. The molecule has 1 N–H and O–H groups in total. The van der Waals surface area contributed by atoms with Crippen LogP contribution in [0, 0.1) is 5.92 Å². The summed E-state index contributed by atoms with van der Waals surface area (Å²) in [5.74, 6) is -1.82. The van der Waals surface area contributed by atoms with E-state index >= 15 is 0 Å². The van der Waals surface area contributed by atoms with Crippen molar-refractivity contribution in [1.29, 1.82) is 0 Å². The molecule has 27 heavy (non-hydrogen) atoms. The third-order valence-electron chi connectivity index (χ3n) is 4.48. The van der Waals surface area contributed by atoms with Crippen LogP contribution in [-0.2, 0) is 20.4 Å². The van der Waals surface area contributed by atoms with E-state index in [-0.39, 0.29) is 35.5 Å². The zero-order valence-corrected chi connectivity index (χ0v) is 16.1. The summed E-state index contributed by atoms with van der Waals surface area (Å²) in [5.41, 5.74) is 1.05. The molecule has 0 radical (unpaired) electrons. The molecule has 2 aromatic rings. The van der Waals surface area contributed by atoms with Gasteiger partial charge in [-0.05, 0) is 36.2 Å². The lowest BCUT2D eigenvalue weighted by atomic mass is 10.1. The molecule has 1 saturated heterocycles. The minimum atomic E-state index is -3.50. The summed E-state index contributed by atoms with van der Waals surface area (Å²) in [6.45, 7) is 0.575. The molecule has 8 heteroatoms. The van der Waals surface area contributed by atoms with Gasteiger partial charge in [-0.2, -0.15) is 0 Å². The fraction of sp³-hybridized carbons (Fsp3) is 0.263. The zero-order valence-electron chi connectivity index (χ0n) is 14.4. The quantitative estimate of drug-likeness (QED) is 0.819. The number of likely N-dealkylation sites (tertiary alicyclic amines) is 1. The molecule has 0 bridgehead atoms. The van der Waals surface area contributed by atoms with Gasteiger partial charge in [-0.1, -0.05) is 30.3 Å². The van der Waals surface area contributed by atoms with Crippen LogP contribution in [0.1, 0.15) is 22.3 Å². The van der Waals surface area contributed by atoms with Crippen LogP contribution in [0.5, 0.6) is 0 Å². The Labute approximate surface area is 164 Å². The van der Waals surface area contributed by atoms with Crippen LogP contribution in [0.15, 0.2) is 59.5 Å². The SMILES string of the molecule is Cl.O=C(O)C1CCN(C(=O)c2ccc(S(=O)(=O)Cc3ccccc3)cc2)C1. The van der Waals surface area contributed by atoms with Crippen LogP contribution in [0.4, 0.5) is 0 Å². The molecule has 1 amide bonds. The van der Waals surface area contributed by atoms with Crippen LogP contribution in [-0.4, -0.2) is 43.4 Å². The van der Waals surface area contributed by atoms with E-state index in [1.165, 1.54) is 29.2 Å². The maximum absolute atomic E-state index is 12.5. The van der Waals surface area contributed by atoms with Crippen LogP contribution in [0.25, 0.3) is 0 Å². The number of amides is 1. The van der Waals surface area contributed by atoms with Gasteiger partial charge < -0.3 is 10.0 Å². The number of carboxylic acids is 1. The highest BCUT2D eigenvalue weighted by Gasteiger charge is 2.31. The highest BCUT2D eigenvalue weighted by molar-refractivity contribution is 7.90. The van der Waals surface area contributed by atoms with E-state index in [2.05, 4.69) is 0 Å². The Morgan fingerprint density at radius 1 is 1.04 bits per heavy atom. The molecule has 0 aromatic heterocycles. The third kappa shape index (κ3) is 4.87. The number of nitrogens with zero attached hydrogens (tertiary/aromatic N) is 1. The smallest absolute Gasteiger partial charge is 0.308 e. The molecule has 1 fully saturated rings. The highest BCUT2D eigenvalue weighted by atomic mass is 35.5. The summed E-state index contributed by atoms with van der Waals surface area (Å²) in [6.07, 6.45) is 0.435. The number of hydrogen-bond donors (Lipinski definition) is 1. The minimum Gasteiger partial charge on any atom is -0.481 e. The second-order valence-corrected chi connectivity index (χ2v) is 8.33. The number of aliphatic carboxylic acids is 1. The van der Waals surface area contributed by atoms with Gasteiger partial charge in [0.25, 0.3) is 5.91 Å². The summed E-state index contributed by atoms with van der Waals surface area (Å²) in [4.78, 5) is 25.1. The van der Waals surface area contributed by atoms with Crippen molar-refractivity contribution in [3.63, 3.8) is 0 Å². The molecule has 3 rings (SSSR count). The predicted octanol–water partition coefficient (Wildman–Crippen LogP) is 2.63. The average Bonchev–Trinajstić information content (AvgIpc) is 3.12. The number of hydrogen-bond acceptors (Lipinski definition) is 4. The number of sulfone groups is 1. The largest absolute Gasteiger partial charge is 0.481 e. The van der Waals surface area contributed by atoms with E-state index in [0.29, 0.717) is 24.1 Å². The molecule has 1 aliphatic heterocycles. The molecule has 0 aliphatic carbocycles. The first-order valence-corrected chi connectivity index (χ1v) is 9.91. The van der Waals surface area contributed by atoms with Crippen molar-refractivity contribution in [3.8, 4) is 0 Å². The lowest BCUT2D eigenvalue weighted by Crippen LogP contribution is -2.29. The molecule has 0 spiro atoms. The van der Waals surface area contributed by atoms with Gasteiger partial charge in [0.05, 0.1) is 16.6 Å². The first-order chi connectivity index (χ1) is 12.4. The third-order valence-corrected chi connectivity index (χ3v) is 6.19. The van der Waals surface area contributed by atoms with Crippen molar-refractivity contribution in [1.82, 2.24) is 4.90 Å². The lowest BCUT2D eigenvalue weighted by molar-refractivity contribution is -0.141. The Morgan fingerprint density at radius 3 is 2.22 bits per heavy atom. The minimum absolute atomic E-state index is 0. The number of benzene rings is 2. The summed E-state index contributed by atoms with van der Waals surface area (Å²) in [6, 6.07) is 14.7. The molecular weight excluding hydrogens is 390 g/mol. The summed E-state index contributed by atoms with van der Waals surface area (Å²) < 4.78 is 25.0. The van der Waals surface area contributed by atoms with Crippen molar-refractivity contribution in [2.45, 2.75) is 17.1 Å². The van der Waals surface area contributed by atoms with E-state index in [1.807, 2.05) is 6.07 Å². The number of carbonyl (C=O) groups excluding carboxylic acids is 1. The van der Waals surface area contributed by atoms with Gasteiger partial charge in [0.15, 0.2) is 9.84 Å². The Bertz CT molecular complexity index is 913. The molecule has 0 saturated carbocycles. The van der Waals surface area contributed by atoms with E-state index in [0.717, 1.165) is 0 Å². The van der Waals surface area contributed by atoms with Gasteiger partial charge in [0.2, 0.25) is 0 Å². The number of carbonyl (C=O) groups is 2. The molecule has 2 aromatic carbocycles. The van der Waals surface area contributed by atoms with Crippen molar-refractivity contribution in [2.24, 2.45) is 5.92 Å². The summed E-state index contributed by atoms with van der Waals surface area (Å²) >= 11 is 0. The van der Waals surface area contributed by atoms with Gasteiger partial charge in [-0.3, -0.25) is 9.59 Å². The van der Waals surface area contributed by atoms with Crippen molar-refractivity contribution >= 4 is 34.1 Å². The lowest BCUT2D eigenvalue weighted by Gasteiger charge is -2.16. The molecule has 1 aliphatic rings. The second-order valence-electron chi connectivity index (χ2n) is 6.34. The Balaban J connectivity index is 0.00000261. The average molecular weight is 410 g/mol. The molecule has 1 atom stereocenters. The summed E-state index contributed by atoms with van der Waals surface area (Å²) in [7, 11) is -3.50. The van der Waals surface area contributed by atoms with Gasteiger partial charge >= 0.3 is 5.97 Å². The number of halogens is 1. The molecule has 1 unspecified atom stereocenters. The molecule has 144 valence electrons. The highest BCUT2D eigenvalue weighted by Crippen LogP contribution is 2.21. The number of rotatable bonds is 5. The zero-order chi connectivity index (χ0) is 18.7. The monoisotopic (exact) mass is 409 g/mol. The van der Waals surface area contributed by atoms with Crippen LogP contribution >= 0.6 is 12.4 Å². The fourth-order valence-corrected chi connectivity index (χ4v) is 4.36. The van der Waals surface area contributed by atoms with Gasteiger partial charge in [-0.15, -0.1) is 12.4 Å². The van der Waals surface area contributed by atoms with E-state index in [9.17, 15) is 18.0 Å². The molecule has 6 nitrogen and oxygen atoms in total. The first-order valence-electron chi connectivity index (χ1n) is 8.25.